The van der Waals surface area contributed by atoms with Crippen molar-refractivity contribution in [2.24, 2.45) is 0 Å². The van der Waals surface area contributed by atoms with Gasteiger partial charge in [-0.1, -0.05) is 36.4 Å². The zero-order chi connectivity index (χ0) is 14.1. The Balaban J connectivity index is 1.76. The van der Waals surface area contributed by atoms with Crippen molar-refractivity contribution < 1.29 is 4.79 Å². The van der Waals surface area contributed by atoms with Gasteiger partial charge in [0.2, 0.25) is 5.91 Å². The minimum atomic E-state index is -0.189. The summed E-state index contributed by atoms with van der Waals surface area (Å²) in [4.78, 5) is 12.4. The van der Waals surface area contributed by atoms with Crippen molar-refractivity contribution >= 4 is 17.3 Å². The second kappa shape index (κ2) is 5.00. The molecular weight excluding hydrogens is 248 g/mol. The molecule has 3 heteroatoms. The summed E-state index contributed by atoms with van der Waals surface area (Å²) in [6.07, 6.45) is 0.743. The molecule has 0 spiro atoms. The van der Waals surface area contributed by atoms with E-state index in [4.69, 9.17) is 0 Å². The van der Waals surface area contributed by atoms with Gasteiger partial charge >= 0.3 is 0 Å². The smallest absolute Gasteiger partial charge is 0.247 e. The molecule has 0 bridgehead atoms. The first-order valence-electron chi connectivity index (χ1n) is 6.86. The molecule has 0 fully saturated rings. The Kier molecular flexibility index (Phi) is 3.18. The lowest BCUT2D eigenvalue weighted by Crippen LogP contribution is -2.33. The number of fused-ring (bicyclic) bond motifs is 1. The van der Waals surface area contributed by atoms with Crippen LogP contribution >= 0.6 is 0 Å². The third kappa shape index (κ3) is 2.27. The van der Waals surface area contributed by atoms with E-state index in [1.165, 1.54) is 5.56 Å². The molecule has 0 saturated carbocycles. The number of carbonyl (C=O) groups excluding carboxylic acids is 1. The highest BCUT2D eigenvalue weighted by molar-refractivity contribution is 5.99. The third-order valence-corrected chi connectivity index (χ3v) is 3.82. The Morgan fingerprint density at radius 3 is 2.50 bits per heavy atom. The van der Waals surface area contributed by atoms with Crippen molar-refractivity contribution in [2.75, 3.05) is 10.6 Å². The zero-order valence-corrected chi connectivity index (χ0v) is 11.7. The second-order valence-corrected chi connectivity index (χ2v) is 5.31. The van der Waals surface area contributed by atoms with Gasteiger partial charge in [0.15, 0.2) is 0 Å². The van der Waals surface area contributed by atoms with Crippen LogP contribution in [0.15, 0.2) is 42.5 Å². The fraction of sp³-hybridized carbons (Fsp3) is 0.235. The van der Waals surface area contributed by atoms with Crippen molar-refractivity contribution in [2.45, 2.75) is 26.3 Å². The first-order chi connectivity index (χ1) is 9.65. The van der Waals surface area contributed by atoms with Gasteiger partial charge in [0.05, 0.1) is 0 Å². The third-order valence-electron chi connectivity index (χ3n) is 3.82. The first kappa shape index (κ1) is 12.7. The number of benzene rings is 2. The average Bonchev–Trinajstić information content (AvgIpc) is 2.87. The molecule has 0 radical (unpaired) electrons. The lowest BCUT2D eigenvalue weighted by molar-refractivity contribution is -0.116. The maximum absolute atomic E-state index is 12.4. The molecule has 102 valence electrons. The normalized spacial score (nSPS) is 16.4. The van der Waals surface area contributed by atoms with Gasteiger partial charge in [0.25, 0.3) is 0 Å². The Bertz CT molecular complexity index is 619. The van der Waals surface area contributed by atoms with Gasteiger partial charge < -0.3 is 10.6 Å². The van der Waals surface area contributed by atoms with Crippen LogP contribution < -0.4 is 10.6 Å². The van der Waals surface area contributed by atoms with Crippen molar-refractivity contribution in [3.05, 3.63) is 59.2 Å². The van der Waals surface area contributed by atoms with E-state index in [9.17, 15) is 4.79 Å². The van der Waals surface area contributed by atoms with E-state index < -0.39 is 0 Å². The summed E-state index contributed by atoms with van der Waals surface area (Å²) in [5.74, 6) is 0.0265. The summed E-state index contributed by atoms with van der Waals surface area (Å²) in [5.41, 5.74) is 5.38. The van der Waals surface area contributed by atoms with Gasteiger partial charge in [-0.15, -0.1) is 0 Å². The molecule has 0 aliphatic carbocycles. The van der Waals surface area contributed by atoms with Crippen molar-refractivity contribution in [3.8, 4) is 0 Å². The van der Waals surface area contributed by atoms with Gasteiger partial charge in [-0.25, -0.2) is 0 Å². The lowest BCUT2D eigenvalue weighted by Gasteiger charge is -2.15. The van der Waals surface area contributed by atoms with Crippen LogP contribution in [0.2, 0.25) is 0 Å². The van der Waals surface area contributed by atoms with E-state index in [0.717, 1.165) is 28.9 Å². The molecule has 2 aromatic rings. The summed E-state index contributed by atoms with van der Waals surface area (Å²) < 4.78 is 0. The number of nitrogens with one attached hydrogen (secondary N) is 2. The minimum absolute atomic E-state index is 0.0265. The molecule has 3 nitrogen and oxygen atoms in total. The van der Waals surface area contributed by atoms with Gasteiger partial charge in [-0.3, -0.25) is 4.79 Å². The first-order valence-corrected chi connectivity index (χ1v) is 6.86. The topological polar surface area (TPSA) is 41.1 Å². The molecule has 2 aromatic carbocycles. The standard InChI is InChI=1S/C17H18N2O/c1-11-6-5-7-12(2)16(11)19-17(20)15-10-13-8-3-4-9-14(13)18-15/h3-9,15,18H,10H2,1-2H3,(H,19,20)/t15-/m0/s1. The van der Waals surface area contributed by atoms with Crippen molar-refractivity contribution in [1.82, 2.24) is 0 Å². The van der Waals surface area contributed by atoms with E-state index in [2.05, 4.69) is 16.7 Å². The molecule has 3 rings (SSSR count). The molecule has 1 heterocycles. The molecule has 0 unspecified atom stereocenters. The summed E-state index contributed by atoms with van der Waals surface area (Å²) in [6.45, 7) is 4.03. The summed E-state index contributed by atoms with van der Waals surface area (Å²) >= 11 is 0. The SMILES string of the molecule is Cc1cccc(C)c1NC(=O)[C@@H]1Cc2ccccc2N1. The lowest BCUT2D eigenvalue weighted by atomic mass is 10.1. The molecule has 20 heavy (non-hydrogen) atoms. The van der Waals surface area contributed by atoms with Crippen LogP contribution in [-0.4, -0.2) is 11.9 Å². The van der Waals surface area contributed by atoms with E-state index >= 15 is 0 Å². The Hall–Kier alpha value is -2.29. The minimum Gasteiger partial charge on any atom is -0.373 e. The number of hydrogen-bond acceptors (Lipinski definition) is 2. The number of para-hydroxylation sites is 2. The van der Waals surface area contributed by atoms with Crippen LogP contribution in [0.3, 0.4) is 0 Å². The predicted octanol–water partition coefficient (Wildman–Crippen LogP) is 3.28. The van der Waals surface area contributed by atoms with Gasteiger partial charge in [-0.2, -0.15) is 0 Å². The van der Waals surface area contributed by atoms with Crippen molar-refractivity contribution in [3.63, 3.8) is 0 Å². The Morgan fingerprint density at radius 2 is 1.80 bits per heavy atom. The fourth-order valence-electron chi connectivity index (χ4n) is 2.68. The van der Waals surface area contributed by atoms with Gasteiger partial charge in [-0.05, 0) is 36.6 Å². The predicted molar refractivity (Wildman–Crippen MR) is 82.1 cm³/mol. The Morgan fingerprint density at radius 1 is 1.10 bits per heavy atom. The fourth-order valence-corrected chi connectivity index (χ4v) is 2.68. The highest BCUT2D eigenvalue weighted by Gasteiger charge is 2.26. The highest BCUT2D eigenvalue weighted by Crippen LogP contribution is 2.26. The van der Waals surface area contributed by atoms with Crippen LogP contribution in [0.1, 0.15) is 16.7 Å². The molecule has 2 N–H and O–H groups in total. The summed E-state index contributed by atoms with van der Waals surface area (Å²) in [5, 5.41) is 6.34. The zero-order valence-electron chi connectivity index (χ0n) is 11.7. The molecule has 1 aliphatic heterocycles. The summed E-state index contributed by atoms with van der Waals surface area (Å²) in [6, 6.07) is 13.9. The quantitative estimate of drug-likeness (QED) is 0.876. The number of aryl methyl sites for hydroxylation is 2. The van der Waals surface area contributed by atoms with Crippen molar-refractivity contribution in [1.29, 1.82) is 0 Å². The van der Waals surface area contributed by atoms with Crippen LogP contribution in [0.25, 0.3) is 0 Å². The Labute approximate surface area is 119 Å². The van der Waals surface area contributed by atoms with E-state index in [1.54, 1.807) is 0 Å². The molecule has 1 aliphatic rings. The number of carbonyl (C=O) groups is 1. The van der Waals surface area contributed by atoms with Crippen LogP contribution in [0, 0.1) is 13.8 Å². The molecular formula is C17H18N2O. The molecule has 1 amide bonds. The monoisotopic (exact) mass is 266 g/mol. The second-order valence-electron chi connectivity index (χ2n) is 5.31. The van der Waals surface area contributed by atoms with Crippen LogP contribution in [0.5, 0.6) is 0 Å². The number of rotatable bonds is 2. The van der Waals surface area contributed by atoms with Crippen LogP contribution in [-0.2, 0) is 11.2 Å². The molecule has 0 saturated heterocycles. The van der Waals surface area contributed by atoms with E-state index in [0.29, 0.717) is 0 Å². The van der Waals surface area contributed by atoms with Gasteiger partial charge in [0.1, 0.15) is 6.04 Å². The molecule has 0 aromatic heterocycles. The number of amides is 1. The molecule has 1 atom stereocenters. The average molecular weight is 266 g/mol. The maximum atomic E-state index is 12.4. The highest BCUT2D eigenvalue weighted by atomic mass is 16.2. The summed E-state index contributed by atoms with van der Waals surface area (Å²) in [7, 11) is 0. The van der Waals surface area contributed by atoms with Gasteiger partial charge in [0, 0.05) is 17.8 Å². The van der Waals surface area contributed by atoms with Crippen LogP contribution in [0.4, 0.5) is 11.4 Å². The van der Waals surface area contributed by atoms with E-state index in [-0.39, 0.29) is 11.9 Å². The van der Waals surface area contributed by atoms with E-state index in [1.807, 2.05) is 50.2 Å². The number of anilines is 2. The largest absolute Gasteiger partial charge is 0.373 e. The number of hydrogen-bond donors (Lipinski definition) is 2. The maximum Gasteiger partial charge on any atom is 0.247 e.